The minimum atomic E-state index is -2.03. The molecule has 0 saturated carbocycles. The molecule has 0 aromatic rings. The number of carbonyl (C=O) groups is 1. The largest absolute Gasteiger partial charge is 0.464 e. The summed E-state index contributed by atoms with van der Waals surface area (Å²) in [6.07, 6.45) is 1.96. The van der Waals surface area contributed by atoms with E-state index in [0.29, 0.717) is 31.7 Å². The fourth-order valence-electron chi connectivity index (χ4n) is 1.13. The molecule has 0 aliphatic carbocycles. The number of esters is 1. The van der Waals surface area contributed by atoms with Crippen LogP contribution in [0.4, 0.5) is 0 Å². The average Bonchev–Trinajstić information content (AvgIpc) is 2.24. The van der Waals surface area contributed by atoms with Crippen LogP contribution in [0, 0.1) is 0 Å². The summed E-state index contributed by atoms with van der Waals surface area (Å²) in [5, 5.41) is 0. The predicted molar refractivity (Wildman–Crippen MR) is 61.0 cm³/mol. The molecule has 0 bridgehead atoms. The van der Waals surface area contributed by atoms with Crippen molar-refractivity contribution in [3.8, 4) is 0 Å². The van der Waals surface area contributed by atoms with Gasteiger partial charge in [0.15, 0.2) is 0 Å². The van der Waals surface area contributed by atoms with Gasteiger partial charge in [0.25, 0.3) is 0 Å². The minimum Gasteiger partial charge on any atom is -0.464 e. The second-order valence-corrected chi connectivity index (χ2v) is 7.10. The maximum Gasteiger partial charge on any atom is 0.332 e. The number of carbonyl (C=O) groups excluding carboxylic acids is 1. The Morgan fingerprint density at radius 3 is 2.27 bits per heavy atom. The fourth-order valence-corrected chi connectivity index (χ4v) is 2.67. The van der Waals surface area contributed by atoms with E-state index >= 15 is 0 Å². The maximum atomic E-state index is 11.9. The van der Waals surface area contributed by atoms with Gasteiger partial charge < -0.3 is 14.0 Å². The summed E-state index contributed by atoms with van der Waals surface area (Å²) in [4.78, 5) is 10.9. The zero-order valence-electron chi connectivity index (χ0n) is 9.82. The number of rotatable bonds is 8. The number of ether oxygens (including phenoxy) is 2. The molecule has 15 heavy (non-hydrogen) atoms. The first-order valence-electron chi connectivity index (χ1n) is 5.38. The van der Waals surface area contributed by atoms with E-state index in [1.807, 2.05) is 13.8 Å². The number of hydrogen-bond donors (Lipinski definition) is 0. The van der Waals surface area contributed by atoms with Crippen LogP contribution in [0.15, 0.2) is 0 Å². The summed E-state index contributed by atoms with van der Waals surface area (Å²) in [7, 11) is -2.03. The Bertz CT molecular complexity index is 219. The van der Waals surface area contributed by atoms with Gasteiger partial charge in [-0.1, -0.05) is 13.8 Å². The van der Waals surface area contributed by atoms with Gasteiger partial charge in [-0.05, 0) is 19.2 Å². The Labute approximate surface area is 91.7 Å². The van der Waals surface area contributed by atoms with Crippen molar-refractivity contribution in [1.82, 2.24) is 0 Å². The van der Waals surface area contributed by atoms with Crippen LogP contribution >= 0.6 is 7.14 Å². The van der Waals surface area contributed by atoms with Crippen molar-refractivity contribution in [2.24, 2.45) is 0 Å². The lowest BCUT2D eigenvalue weighted by atomic mass is 10.7. The zero-order chi connectivity index (χ0) is 11.7. The molecule has 0 amide bonds. The van der Waals surface area contributed by atoms with Gasteiger partial charge in [-0.2, -0.15) is 0 Å². The first-order valence-corrected chi connectivity index (χ1v) is 7.64. The van der Waals surface area contributed by atoms with Crippen molar-refractivity contribution >= 4 is 13.1 Å². The monoisotopic (exact) mass is 236 g/mol. The average molecular weight is 236 g/mol. The topological polar surface area (TPSA) is 52.6 Å². The molecule has 0 spiro atoms. The molecule has 5 heteroatoms. The van der Waals surface area contributed by atoms with E-state index in [2.05, 4.69) is 0 Å². The quantitative estimate of drug-likeness (QED) is 0.367. The van der Waals surface area contributed by atoms with Gasteiger partial charge in [-0.3, -0.25) is 0 Å². The molecule has 0 fully saturated rings. The molecule has 0 atom stereocenters. The standard InChI is InChI=1S/C10H21O4P/c1-4-14-10(11)9-13-7-8-15(12,5-2)6-3/h4-9H2,1-3H3. The lowest BCUT2D eigenvalue weighted by molar-refractivity contribution is -0.148. The highest BCUT2D eigenvalue weighted by molar-refractivity contribution is 7.63. The Kier molecular flexibility index (Phi) is 7.71. The molecule has 0 aromatic carbocycles. The van der Waals surface area contributed by atoms with E-state index in [9.17, 15) is 9.36 Å². The molecule has 90 valence electrons. The molecule has 0 aliphatic heterocycles. The highest BCUT2D eigenvalue weighted by Gasteiger charge is 2.16. The van der Waals surface area contributed by atoms with Crippen LogP contribution in [-0.2, 0) is 18.8 Å². The van der Waals surface area contributed by atoms with Crippen molar-refractivity contribution in [3.63, 3.8) is 0 Å². The zero-order valence-corrected chi connectivity index (χ0v) is 10.7. The van der Waals surface area contributed by atoms with Gasteiger partial charge in [0.1, 0.15) is 6.61 Å². The second kappa shape index (κ2) is 7.89. The Morgan fingerprint density at radius 2 is 1.80 bits per heavy atom. The molecular formula is C10H21O4P. The maximum absolute atomic E-state index is 11.9. The smallest absolute Gasteiger partial charge is 0.332 e. The summed E-state index contributed by atoms with van der Waals surface area (Å²) in [5.74, 6) is -0.361. The van der Waals surface area contributed by atoms with Gasteiger partial charge in [0.05, 0.1) is 20.4 Å². The lowest BCUT2D eigenvalue weighted by Gasteiger charge is -2.13. The molecule has 0 aromatic heterocycles. The minimum absolute atomic E-state index is 0.0404. The van der Waals surface area contributed by atoms with Crippen molar-refractivity contribution in [2.75, 3.05) is 38.3 Å². The number of hydrogen-bond acceptors (Lipinski definition) is 4. The van der Waals surface area contributed by atoms with Gasteiger partial charge in [0.2, 0.25) is 0 Å². The van der Waals surface area contributed by atoms with Crippen LogP contribution in [0.5, 0.6) is 0 Å². The second-order valence-electron chi connectivity index (χ2n) is 3.27. The van der Waals surface area contributed by atoms with Crippen LogP contribution in [0.25, 0.3) is 0 Å². The van der Waals surface area contributed by atoms with Crippen LogP contribution in [0.1, 0.15) is 20.8 Å². The molecule has 0 heterocycles. The molecule has 0 unspecified atom stereocenters. The summed E-state index contributed by atoms with van der Waals surface area (Å²) in [6, 6.07) is 0. The molecule has 0 saturated heterocycles. The SMILES string of the molecule is CCOC(=O)COCCP(=O)(CC)CC. The van der Waals surface area contributed by atoms with Crippen molar-refractivity contribution in [3.05, 3.63) is 0 Å². The third-order valence-electron chi connectivity index (χ3n) is 2.32. The van der Waals surface area contributed by atoms with E-state index < -0.39 is 7.14 Å². The fraction of sp³-hybridized carbons (Fsp3) is 0.900. The van der Waals surface area contributed by atoms with Crippen LogP contribution < -0.4 is 0 Å². The van der Waals surface area contributed by atoms with Gasteiger partial charge in [-0.25, -0.2) is 4.79 Å². The van der Waals surface area contributed by atoms with Crippen LogP contribution in [0.2, 0.25) is 0 Å². The van der Waals surface area contributed by atoms with E-state index in [4.69, 9.17) is 9.47 Å². The Hall–Kier alpha value is -0.340. The molecule has 0 rings (SSSR count). The van der Waals surface area contributed by atoms with E-state index in [0.717, 1.165) is 0 Å². The van der Waals surface area contributed by atoms with E-state index in [1.165, 1.54) is 0 Å². The highest BCUT2D eigenvalue weighted by Crippen LogP contribution is 2.43. The van der Waals surface area contributed by atoms with Gasteiger partial charge >= 0.3 is 5.97 Å². The summed E-state index contributed by atoms with van der Waals surface area (Å²) in [5.41, 5.74) is 0. The van der Waals surface area contributed by atoms with Crippen molar-refractivity contribution < 1.29 is 18.8 Å². The van der Waals surface area contributed by atoms with E-state index in [-0.39, 0.29) is 12.6 Å². The predicted octanol–water partition coefficient (Wildman–Crippen LogP) is 1.97. The third-order valence-corrected chi connectivity index (χ3v) is 5.62. The Morgan fingerprint density at radius 1 is 1.20 bits per heavy atom. The molecule has 0 aliphatic rings. The normalized spacial score (nSPS) is 11.4. The van der Waals surface area contributed by atoms with Crippen LogP contribution in [-0.4, -0.2) is 44.3 Å². The summed E-state index contributed by atoms with van der Waals surface area (Å²) in [6.45, 7) is 6.30. The van der Waals surface area contributed by atoms with Crippen molar-refractivity contribution in [2.45, 2.75) is 20.8 Å². The highest BCUT2D eigenvalue weighted by atomic mass is 31.2. The molecular weight excluding hydrogens is 215 g/mol. The van der Waals surface area contributed by atoms with Crippen LogP contribution in [0.3, 0.4) is 0 Å². The first-order chi connectivity index (χ1) is 7.08. The van der Waals surface area contributed by atoms with Crippen molar-refractivity contribution in [1.29, 1.82) is 0 Å². The van der Waals surface area contributed by atoms with Gasteiger partial charge in [0, 0.05) is 6.16 Å². The molecule has 4 nitrogen and oxygen atoms in total. The summed E-state index contributed by atoms with van der Waals surface area (Å²) >= 11 is 0. The molecule has 0 N–H and O–H groups in total. The lowest BCUT2D eigenvalue weighted by Crippen LogP contribution is -2.14. The molecule has 0 radical (unpaired) electrons. The summed E-state index contributed by atoms with van der Waals surface area (Å²) < 4.78 is 21.7. The third kappa shape index (κ3) is 6.69. The van der Waals surface area contributed by atoms with Gasteiger partial charge in [-0.15, -0.1) is 0 Å². The first kappa shape index (κ1) is 14.7. The van der Waals surface area contributed by atoms with E-state index in [1.54, 1.807) is 6.92 Å². The Balaban J connectivity index is 3.62.